The third-order valence-electron chi connectivity index (χ3n) is 3.99. The van der Waals surface area contributed by atoms with Crippen LogP contribution in [-0.2, 0) is 6.54 Å². The van der Waals surface area contributed by atoms with Gasteiger partial charge in [-0.15, -0.1) is 11.3 Å². The maximum atomic E-state index is 5.39. The average Bonchev–Trinajstić information content (AvgIpc) is 3.29. The zero-order valence-corrected chi connectivity index (χ0v) is 14.7. The second-order valence-corrected chi connectivity index (χ2v) is 7.96. The van der Waals surface area contributed by atoms with Gasteiger partial charge >= 0.3 is 0 Å². The van der Waals surface area contributed by atoms with Gasteiger partial charge < -0.3 is 4.52 Å². The van der Waals surface area contributed by atoms with Crippen LogP contribution in [0.4, 0.5) is 0 Å². The molecule has 1 fully saturated rings. The van der Waals surface area contributed by atoms with Gasteiger partial charge in [-0.3, -0.25) is 4.90 Å². The van der Waals surface area contributed by atoms with Crippen molar-refractivity contribution in [2.75, 3.05) is 13.1 Å². The first-order valence-corrected chi connectivity index (χ1v) is 9.03. The largest absolute Gasteiger partial charge is 0.338 e. The lowest BCUT2D eigenvalue weighted by Gasteiger charge is -2.30. The molecule has 1 aliphatic heterocycles. The smallest absolute Gasteiger partial charge is 0.241 e. The molecule has 0 spiro atoms. The quantitative estimate of drug-likeness (QED) is 0.676. The standard InChI is InChI=1S/C14H15BrN6OS/c15-12-2-1-11(23-12)14-18-13(22-19-14)7-20-5-3-10(4-6-20)21-9-16-8-17-21/h1-2,8-10H,3-7H2. The summed E-state index contributed by atoms with van der Waals surface area (Å²) in [6, 6.07) is 4.42. The van der Waals surface area contributed by atoms with E-state index in [2.05, 4.69) is 41.1 Å². The van der Waals surface area contributed by atoms with Crippen molar-refractivity contribution in [1.82, 2.24) is 29.8 Å². The van der Waals surface area contributed by atoms with E-state index in [0.29, 0.717) is 24.3 Å². The lowest BCUT2D eigenvalue weighted by Crippen LogP contribution is -2.34. The zero-order chi connectivity index (χ0) is 15.6. The number of piperidine rings is 1. The van der Waals surface area contributed by atoms with Gasteiger partial charge in [0, 0.05) is 13.1 Å². The Bertz CT molecular complexity index is 762. The number of hydrogen-bond donors (Lipinski definition) is 0. The third kappa shape index (κ3) is 3.36. The Morgan fingerprint density at radius 3 is 2.87 bits per heavy atom. The summed E-state index contributed by atoms with van der Waals surface area (Å²) in [5, 5.41) is 8.31. The van der Waals surface area contributed by atoms with Crippen LogP contribution in [0.5, 0.6) is 0 Å². The van der Waals surface area contributed by atoms with Crippen molar-refractivity contribution in [2.24, 2.45) is 0 Å². The number of likely N-dealkylation sites (tertiary alicyclic amines) is 1. The van der Waals surface area contributed by atoms with E-state index >= 15 is 0 Å². The molecule has 0 radical (unpaired) electrons. The lowest BCUT2D eigenvalue weighted by molar-refractivity contribution is 0.156. The van der Waals surface area contributed by atoms with Crippen molar-refractivity contribution in [2.45, 2.75) is 25.4 Å². The summed E-state index contributed by atoms with van der Waals surface area (Å²) >= 11 is 5.05. The fourth-order valence-electron chi connectivity index (χ4n) is 2.79. The summed E-state index contributed by atoms with van der Waals surface area (Å²) in [6.45, 7) is 2.68. The Morgan fingerprint density at radius 2 is 2.17 bits per heavy atom. The molecule has 3 aromatic heterocycles. The minimum atomic E-state index is 0.440. The number of halogens is 1. The fourth-order valence-corrected chi connectivity index (χ4v) is 4.10. The minimum Gasteiger partial charge on any atom is -0.338 e. The fraction of sp³-hybridized carbons (Fsp3) is 0.429. The van der Waals surface area contributed by atoms with Gasteiger partial charge in [0.25, 0.3) is 0 Å². The molecule has 0 aliphatic carbocycles. The monoisotopic (exact) mass is 394 g/mol. The van der Waals surface area contributed by atoms with Crippen molar-refractivity contribution in [3.8, 4) is 10.7 Å². The molecule has 9 heteroatoms. The van der Waals surface area contributed by atoms with E-state index < -0.39 is 0 Å². The summed E-state index contributed by atoms with van der Waals surface area (Å²) < 4.78 is 8.41. The summed E-state index contributed by atoms with van der Waals surface area (Å²) in [7, 11) is 0. The van der Waals surface area contributed by atoms with E-state index in [4.69, 9.17) is 4.52 Å². The highest BCUT2D eigenvalue weighted by molar-refractivity contribution is 9.11. The number of rotatable bonds is 4. The van der Waals surface area contributed by atoms with Gasteiger partial charge in [-0.05, 0) is 40.9 Å². The molecule has 3 aromatic rings. The molecule has 4 heterocycles. The van der Waals surface area contributed by atoms with Gasteiger partial charge in [0.15, 0.2) is 0 Å². The highest BCUT2D eigenvalue weighted by atomic mass is 79.9. The van der Waals surface area contributed by atoms with Crippen molar-refractivity contribution in [3.05, 3.63) is 34.5 Å². The summed E-state index contributed by atoms with van der Waals surface area (Å²) in [6.07, 6.45) is 5.50. The van der Waals surface area contributed by atoms with Gasteiger partial charge in [0.05, 0.1) is 21.3 Å². The molecule has 0 bridgehead atoms. The molecule has 1 saturated heterocycles. The van der Waals surface area contributed by atoms with Crippen LogP contribution < -0.4 is 0 Å². The van der Waals surface area contributed by atoms with Crippen LogP contribution >= 0.6 is 27.3 Å². The Balaban J connectivity index is 1.35. The number of thiophene rings is 1. The molecule has 0 amide bonds. The van der Waals surface area contributed by atoms with E-state index in [-0.39, 0.29) is 0 Å². The van der Waals surface area contributed by atoms with Gasteiger partial charge in [0.1, 0.15) is 12.7 Å². The molecule has 23 heavy (non-hydrogen) atoms. The summed E-state index contributed by atoms with van der Waals surface area (Å²) in [5.41, 5.74) is 0. The SMILES string of the molecule is Brc1ccc(-c2noc(CN3CCC(n4cncn4)CC3)n2)s1. The third-order valence-corrected chi connectivity index (χ3v) is 5.61. The number of aromatic nitrogens is 5. The zero-order valence-electron chi connectivity index (χ0n) is 12.3. The Morgan fingerprint density at radius 1 is 1.30 bits per heavy atom. The molecule has 120 valence electrons. The summed E-state index contributed by atoms with van der Waals surface area (Å²) in [4.78, 5) is 11.9. The molecule has 7 nitrogen and oxygen atoms in total. The van der Waals surface area contributed by atoms with E-state index in [1.165, 1.54) is 0 Å². The van der Waals surface area contributed by atoms with Crippen LogP contribution in [0, 0.1) is 0 Å². The topological polar surface area (TPSA) is 72.9 Å². The molecular formula is C14H15BrN6OS. The maximum absolute atomic E-state index is 5.39. The molecule has 0 unspecified atom stereocenters. The molecule has 1 aliphatic rings. The first-order valence-electron chi connectivity index (χ1n) is 7.43. The first kappa shape index (κ1) is 15.0. The normalized spacial score (nSPS) is 16.9. The van der Waals surface area contributed by atoms with Crippen molar-refractivity contribution in [1.29, 1.82) is 0 Å². The minimum absolute atomic E-state index is 0.440. The van der Waals surface area contributed by atoms with Crippen LogP contribution in [0.15, 0.2) is 33.1 Å². The van der Waals surface area contributed by atoms with E-state index in [9.17, 15) is 0 Å². The molecule has 4 rings (SSSR count). The molecule has 0 aromatic carbocycles. The van der Waals surface area contributed by atoms with Gasteiger partial charge in [-0.1, -0.05) is 5.16 Å². The predicted molar refractivity (Wildman–Crippen MR) is 88.9 cm³/mol. The van der Waals surface area contributed by atoms with Crippen LogP contribution in [0.1, 0.15) is 24.8 Å². The van der Waals surface area contributed by atoms with Crippen molar-refractivity contribution < 1.29 is 4.52 Å². The lowest BCUT2D eigenvalue weighted by atomic mass is 10.1. The van der Waals surface area contributed by atoms with Gasteiger partial charge in [-0.2, -0.15) is 10.1 Å². The second kappa shape index (κ2) is 6.50. The van der Waals surface area contributed by atoms with E-state index in [0.717, 1.165) is 34.6 Å². The van der Waals surface area contributed by atoms with Crippen molar-refractivity contribution >= 4 is 27.3 Å². The molecular weight excluding hydrogens is 380 g/mol. The van der Waals surface area contributed by atoms with Crippen molar-refractivity contribution in [3.63, 3.8) is 0 Å². The van der Waals surface area contributed by atoms with E-state index in [1.807, 2.05) is 16.8 Å². The highest BCUT2D eigenvalue weighted by Gasteiger charge is 2.22. The van der Waals surface area contributed by atoms with Gasteiger partial charge in [-0.25, -0.2) is 9.67 Å². The Hall–Kier alpha value is -1.58. The highest BCUT2D eigenvalue weighted by Crippen LogP contribution is 2.29. The average molecular weight is 395 g/mol. The van der Waals surface area contributed by atoms with Crippen LogP contribution in [0.2, 0.25) is 0 Å². The Labute approximate surface area is 145 Å². The number of hydrogen-bond acceptors (Lipinski definition) is 7. The van der Waals surface area contributed by atoms with Crippen LogP contribution in [0.25, 0.3) is 10.7 Å². The van der Waals surface area contributed by atoms with Crippen LogP contribution in [0.3, 0.4) is 0 Å². The summed E-state index contributed by atoms with van der Waals surface area (Å²) in [5.74, 6) is 1.33. The maximum Gasteiger partial charge on any atom is 0.241 e. The first-order chi connectivity index (χ1) is 11.3. The molecule has 0 N–H and O–H groups in total. The van der Waals surface area contributed by atoms with E-state index in [1.54, 1.807) is 24.0 Å². The number of nitrogens with zero attached hydrogens (tertiary/aromatic N) is 6. The van der Waals surface area contributed by atoms with Crippen LogP contribution in [-0.4, -0.2) is 42.9 Å². The predicted octanol–water partition coefficient (Wildman–Crippen LogP) is 2.99. The molecule has 0 saturated carbocycles. The molecule has 0 atom stereocenters. The Kier molecular flexibility index (Phi) is 4.23. The second-order valence-electron chi connectivity index (χ2n) is 5.50. The van der Waals surface area contributed by atoms with Gasteiger partial charge in [0.2, 0.25) is 11.7 Å².